The van der Waals surface area contributed by atoms with E-state index in [4.69, 9.17) is 0 Å². The number of hydrogen-bond acceptors (Lipinski definition) is 2. The molecule has 0 unspecified atom stereocenters. The van der Waals surface area contributed by atoms with Gasteiger partial charge < -0.3 is 5.32 Å². The highest BCUT2D eigenvalue weighted by Gasteiger charge is 2.01. The summed E-state index contributed by atoms with van der Waals surface area (Å²) in [7, 11) is 0. The average molecular weight is 218 g/mol. The Balaban J connectivity index is 2.59. The van der Waals surface area contributed by atoms with Crippen molar-refractivity contribution < 1.29 is 9.59 Å². The maximum atomic E-state index is 11.4. The number of nitrogens with one attached hydrogen (secondary N) is 1. The van der Waals surface area contributed by atoms with Crippen LogP contribution < -0.4 is 5.32 Å². The molecule has 1 amide bonds. The Morgan fingerprint density at radius 2 is 2.25 bits per heavy atom. The van der Waals surface area contributed by atoms with Crippen molar-refractivity contribution >= 4 is 17.9 Å². The fourth-order valence-corrected chi connectivity index (χ4v) is 1.45. The second-order valence-electron chi connectivity index (χ2n) is 3.64. The SMILES string of the molecule is CCCC(=O)Nc1cccc(CC[C]=O)c1. The molecular weight excluding hydrogens is 202 g/mol. The van der Waals surface area contributed by atoms with Crippen molar-refractivity contribution in [2.75, 3.05) is 5.32 Å². The van der Waals surface area contributed by atoms with Crippen LogP contribution in [0.25, 0.3) is 0 Å². The van der Waals surface area contributed by atoms with Crippen molar-refractivity contribution in [3.63, 3.8) is 0 Å². The minimum Gasteiger partial charge on any atom is -0.326 e. The summed E-state index contributed by atoms with van der Waals surface area (Å²) in [5.74, 6) is 0.0293. The van der Waals surface area contributed by atoms with E-state index >= 15 is 0 Å². The predicted molar refractivity (Wildman–Crippen MR) is 64.0 cm³/mol. The molecule has 1 aromatic rings. The second kappa shape index (κ2) is 6.77. The number of aryl methyl sites for hydroxylation is 1. The first-order valence-corrected chi connectivity index (χ1v) is 5.50. The van der Waals surface area contributed by atoms with Crippen LogP contribution in [0.2, 0.25) is 0 Å². The molecule has 0 saturated carbocycles. The van der Waals surface area contributed by atoms with E-state index in [9.17, 15) is 9.59 Å². The predicted octanol–water partition coefficient (Wildman–Crippen LogP) is 2.47. The van der Waals surface area contributed by atoms with Crippen LogP contribution in [0.15, 0.2) is 24.3 Å². The zero-order valence-corrected chi connectivity index (χ0v) is 9.45. The van der Waals surface area contributed by atoms with Crippen molar-refractivity contribution in [1.82, 2.24) is 0 Å². The number of rotatable bonds is 6. The number of anilines is 1. The molecule has 1 rings (SSSR count). The molecule has 0 spiro atoms. The molecule has 1 radical (unpaired) electrons. The van der Waals surface area contributed by atoms with Gasteiger partial charge in [0.05, 0.1) is 0 Å². The summed E-state index contributed by atoms with van der Waals surface area (Å²) in [6.07, 6.45) is 4.30. The second-order valence-corrected chi connectivity index (χ2v) is 3.64. The first kappa shape index (κ1) is 12.4. The van der Waals surface area contributed by atoms with E-state index in [1.165, 1.54) is 0 Å². The minimum absolute atomic E-state index is 0.0293. The Bertz CT molecular complexity index is 361. The van der Waals surface area contributed by atoms with Crippen molar-refractivity contribution in [2.24, 2.45) is 0 Å². The first-order valence-electron chi connectivity index (χ1n) is 5.50. The van der Waals surface area contributed by atoms with Gasteiger partial charge in [-0.1, -0.05) is 19.1 Å². The fourth-order valence-electron chi connectivity index (χ4n) is 1.45. The average Bonchev–Trinajstić information content (AvgIpc) is 2.27. The molecule has 1 N–H and O–H groups in total. The lowest BCUT2D eigenvalue weighted by Gasteiger charge is -2.05. The van der Waals surface area contributed by atoms with Crippen molar-refractivity contribution in [3.8, 4) is 0 Å². The molecule has 0 aliphatic rings. The van der Waals surface area contributed by atoms with Gasteiger partial charge >= 0.3 is 0 Å². The van der Waals surface area contributed by atoms with Gasteiger partial charge in [0.2, 0.25) is 5.91 Å². The lowest BCUT2D eigenvalue weighted by Crippen LogP contribution is -2.10. The Hall–Kier alpha value is -1.64. The quantitative estimate of drug-likeness (QED) is 0.797. The molecule has 0 heterocycles. The molecule has 0 aliphatic carbocycles. The topological polar surface area (TPSA) is 46.2 Å². The fraction of sp³-hybridized carbons (Fsp3) is 0.385. The number of carbonyl (C=O) groups excluding carboxylic acids is 2. The highest BCUT2D eigenvalue weighted by molar-refractivity contribution is 5.90. The third kappa shape index (κ3) is 4.26. The molecule has 16 heavy (non-hydrogen) atoms. The van der Waals surface area contributed by atoms with Crippen LogP contribution in [0, 0.1) is 0 Å². The molecule has 3 heteroatoms. The summed E-state index contributed by atoms with van der Waals surface area (Å²) in [6.45, 7) is 1.97. The van der Waals surface area contributed by atoms with E-state index in [0.29, 0.717) is 19.3 Å². The molecule has 0 aliphatic heterocycles. The highest BCUT2D eigenvalue weighted by atomic mass is 16.1. The zero-order chi connectivity index (χ0) is 11.8. The summed E-state index contributed by atoms with van der Waals surface area (Å²) >= 11 is 0. The Morgan fingerprint density at radius 3 is 2.94 bits per heavy atom. The van der Waals surface area contributed by atoms with Gasteiger partial charge in [-0.3, -0.25) is 9.59 Å². The van der Waals surface area contributed by atoms with Gasteiger partial charge in [0.15, 0.2) is 6.29 Å². The van der Waals surface area contributed by atoms with Gasteiger partial charge in [-0.25, -0.2) is 0 Å². The summed E-state index contributed by atoms with van der Waals surface area (Å²) in [6, 6.07) is 7.56. The standard InChI is InChI=1S/C13H16NO2/c1-2-5-13(16)14-12-8-3-6-11(10-12)7-4-9-15/h3,6,8,10H,2,4-5,7H2,1H3,(H,14,16). The van der Waals surface area contributed by atoms with E-state index < -0.39 is 0 Å². The first-order chi connectivity index (χ1) is 7.76. The van der Waals surface area contributed by atoms with Crippen LogP contribution in [-0.4, -0.2) is 12.2 Å². The molecule has 85 valence electrons. The van der Waals surface area contributed by atoms with Crippen molar-refractivity contribution in [2.45, 2.75) is 32.6 Å². The monoisotopic (exact) mass is 218 g/mol. The summed E-state index contributed by atoms with van der Waals surface area (Å²) in [4.78, 5) is 21.5. The third-order valence-corrected chi connectivity index (χ3v) is 2.20. The van der Waals surface area contributed by atoms with Crippen molar-refractivity contribution in [1.29, 1.82) is 0 Å². The minimum atomic E-state index is 0.0293. The maximum Gasteiger partial charge on any atom is 0.224 e. The van der Waals surface area contributed by atoms with Gasteiger partial charge in [0.1, 0.15) is 0 Å². The van der Waals surface area contributed by atoms with Crippen LogP contribution in [0.5, 0.6) is 0 Å². The normalized spacial score (nSPS) is 9.81. The Morgan fingerprint density at radius 1 is 1.44 bits per heavy atom. The van der Waals surface area contributed by atoms with Crippen LogP contribution in [-0.2, 0) is 16.0 Å². The number of carbonyl (C=O) groups is 1. The van der Waals surface area contributed by atoms with Crippen LogP contribution >= 0.6 is 0 Å². The largest absolute Gasteiger partial charge is 0.326 e. The van der Waals surface area contributed by atoms with Gasteiger partial charge in [-0.05, 0) is 30.5 Å². The molecule has 3 nitrogen and oxygen atoms in total. The van der Waals surface area contributed by atoms with E-state index in [1.807, 2.05) is 37.5 Å². The Kier molecular flexibility index (Phi) is 5.26. The van der Waals surface area contributed by atoms with E-state index in [-0.39, 0.29) is 5.91 Å². The molecule has 0 fully saturated rings. The Labute approximate surface area is 95.9 Å². The number of benzene rings is 1. The van der Waals surface area contributed by atoms with E-state index in [1.54, 1.807) is 0 Å². The van der Waals surface area contributed by atoms with Crippen molar-refractivity contribution in [3.05, 3.63) is 29.8 Å². The summed E-state index contributed by atoms with van der Waals surface area (Å²) in [5, 5.41) is 2.82. The summed E-state index contributed by atoms with van der Waals surface area (Å²) in [5.41, 5.74) is 1.83. The molecule has 0 bridgehead atoms. The lowest BCUT2D eigenvalue weighted by atomic mass is 10.1. The highest BCUT2D eigenvalue weighted by Crippen LogP contribution is 2.12. The van der Waals surface area contributed by atoms with Gasteiger partial charge in [-0.2, -0.15) is 0 Å². The lowest BCUT2D eigenvalue weighted by molar-refractivity contribution is -0.116. The molecular formula is C13H16NO2. The number of amides is 1. The third-order valence-electron chi connectivity index (χ3n) is 2.20. The van der Waals surface area contributed by atoms with Gasteiger partial charge in [0.25, 0.3) is 0 Å². The van der Waals surface area contributed by atoms with Gasteiger partial charge in [-0.15, -0.1) is 0 Å². The number of hydrogen-bond donors (Lipinski definition) is 1. The van der Waals surface area contributed by atoms with Crippen LogP contribution in [0.1, 0.15) is 31.7 Å². The van der Waals surface area contributed by atoms with Crippen LogP contribution in [0.4, 0.5) is 5.69 Å². The van der Waals surface area contributed by atoms with E-state index in [0.717, 1.165) is 17.7 Å². The molecule has 0 aromatic heterocycles. The van der Waals surface area contributed by atoms with E-state index in [2.05, 4.69) is 5.32 Å². The van der Waals surface area contributed by atoms with Crippen LogP contribution in [0.3, 0.4) is 0 Å². The summed E-state index contributed by atoms with van der Waals surface area (Å²) < 4.78 is 0. The van der Waals surface area contributed by atoms with Gasteiger partial charge in [0, 0.05) is 18.5 Å². The molecule has 0 saturated heterocycles. The smallest absolute Gasteiger partial charge is 0.224 e. The zero-order valence-electron chi connectivity index (χ0n) is 9.45. The maximum absolute atomic E-state index is 11.4. The molecule has 0 atom stereocenters. The molecule has 1 aromatic carbocycles.